The van der Waals surface area contributed by atoms with E-state index in [-0.39, 0.29) is 18.7 Å². The van der Waals surface area contributed by atoms with E-state index >= 15 is 0 Å². The van der Waals surface area contributed by atoms with Crippen molar-refractivity contribution in [1.29, 1.82) is 0 Å². The zero-order chi connectivity index (χ0) is 19.5. The molecule has 4 rings (SSSR count). The fraction of sp³-hybridized carbons (Fsp3) is 0.435. The molecule has 2 aliphatic rings. The molecule has 1 heterocycles. The summed E-state index contributed by atoms with van der Waals surface area (Å²) in [5, 5.41) is 3.16. The van der Waals surface area contributed by atoms with Gasteiger partial charge in [-0.05, 0) is 62.0 Å². The summed E-state index contributed by atoms with van der Waals surface area (Å²) in [5.74, 6) is 2.64. The normalized spacial score (nSPS) is 17.4. The second kappa shape index (κ2) is 8.23. The van der Waals surface area contributed by atoms with Crippen molar-refractivity contribution in [1.82, 2.24) is 10.2 Å². The summed E-state index contributed by atoms with van der Waals surface area (Å²) in [6.45, 7) is 0.835. The molecule has 5 nitrogen and oxygen atoms in total. The minimum Gasteiger partial charge on any atom is -0.454 e. The highest BCUT2D eigenvalue weighted by Crippen LogP contribution is 2.44. The van der Waals surface area contributed by atoms with Gasteiger partial charge in [-0.2, -0.15) is 0 Å². The summed E-state index contributed by atoms with van der Waals surface area (Å²) in [7, 11) is 4.05. The van der Waals surface area contributed by atoms with Gasteiger partial charge in [-0.15, -0.1) is 0 Å². The molecule has 2 aromatic carbocycles. The lowest BCUT2D eigenvalue weighted by Gasteiger charge is -2.26. The topological polar surface area (TPSA) is 50.8 Å². The van der Waals surface area contributed by atoms with E-state index in [1.54, 1.807) is 0 Å². The van der Waals surface area contributed by atoms with Crippen molar-refractivity contribution in [3.05, 3.63) is 59.7 Å². The van der Waals surface area contributed by atoms with Crippen LogP contribution in [0.2, 0.25) is 0 Å². The van der Waals surface area contributed by atoms with Crippen molar-refractivity contribution >= 4 is 5.91 Å². The molecule has 0 bridgehead atoms. The van der Waals surface area contributed by atoms with Gasteiger partial charge in [0.2, 0.25) is 12.7 Å². The molecule has 2 atom stereocenters. The second-order valence-corrected chi connectivity index (χ2v) is 7.95. The number of carbonyl (C=O) groups excluding carboxylic acids is 1. The molecule has 5 heteroatoms. The minimum absolute atomic E-state index is 0.0783. The van der Waals surface area contributed by atoms with Gasteiger partial charge in [0, 0.05) is 13.0 Å². The Morgan fingerprint density at radius 1 is 1.07 bits per heavy atom. The molecule has 2 aromatic rings. The molecule has 1 N–H and O–H groups in total. The van der Waals surface area contributed by atoms with Gasteiger partial charge in [-0.25, -0.2) is 0 Å². The fourth-order valence-corrected chi connectivity index (χ4v) is 3.96. The number of nitrogens with one attached hydrogen (secondary N) is 1. The predicted molar refractivity (Wildman–Crippen MR) is 109 cm³/mol. The first-order valence-corrected chi connectivity index (χ1v) is 9.99. The summed E-state index contributed by atoms with van der Waals surface area (Å²) in [6, 6.07) is 16.5. The average Bonchev–Trinajstić information content (AvgIpc) is 3.43. The Bertz CT molecular complexity index is 818. The molecule has 148 valence electrons. The van der Waals surface area contributed by atoms with E-state index in [0.717, 1.165) is 17.1 Å². The van der Waals surface area contributed by atoms with Gasteiger partial charge >= 0.3 is 0 Å². The standard InChI is InChI=1S/C23H28N2O3/c1-25(2)20(18-10-11-21-22(12-18)28-15-27-21)14-24-23(26)13-19(17-8-9-17)16-6-4-3-5-7-16/h3-7,10-12,17,19-20H,8-9,13-15H2,1-2H3,(H,24,26). The maximum atomic E-state index is 12.7. The molecule has 1 amide bonds. The number of benzene rings is 2. The van der Waals surface area contributed by atoms with E-state index in [4.69, 9.17) is 9.47 Å². The quantitative estimate of drug-likeness (QED) is 0.758. The van der Waals surface area contributed by atoms with E-state index in [0.29, 0.717) is 24.8 Å². The largest absolute Gasteiger partial charge is 0.454 e. The number of amides is 1. The average molecular weight is 380 g/mol. The van der Waals surface area contributed by atoms with Crippen molar-refractivity contribution < 1.29 is 14.3 Å². The van der Waals surface area contributed by atoms with E-state index in [1.165, 1.54) is 18.4 Å². The lowest BCUT2D eigenvalue weighted by Crippen LogP contribution is -2.35. The van der Waals surface area contributed by atoms with Crippen LogP contribution in [0.5, 0.6) is 11.5 Å². The van der Waals surface area contributed by atoms with Gasteiger partial charge in [-0.1, -0.05) is 36.4 Å². The Kier molecular flexibility index (Phi) is 5.53. The van der Waals surface area contributed by atoms with Crippen LogP contribution in [0.3, 0.4) is 0 Å². The first-order chi connectivity index (χ1) is 13.6. The molecule has 1 aliphatic carbocycles. The Hall–Kier alpha value is -2.53. The van der Waals surface area contributed by atoms with Crippen LogP contribution in [0.25, 0.3) is 0 Å². The Labute approximate surface area is 166 Å². The van der Waals surface area contributed by atoms with Crippen molar-refractivity contribution in [2.75, 3.05) is 27.4 Å². The van der Waals surface area contributed by atoms with Crippen LogP contribution < -0.4 is 14.8 Å². The number of hydrogen-bond acceptors (Lipinski definition) is 4. The van der Waals surface area contributed by atoms with Crippen LogP contribution in [-0.2, 0) is 4.79 Å². The van der Waals surface area contributed by atoms with E-state index in [2.05, 4.69) is 34.5 Å². The van der Waals surface area contributed by atoms with Gasteiger partial charge in [0.05, 0.1) is 6.04 Å². The molecule has 1 aliphatic heterocycles. The van der Waals surface area contributed by atoms with Gasteiger partial charge < -0.3 is 19.7 Å². The van der Waals surface area contributed by atoms with Crippen molar-refractivity contribution in [2.45, 2.75) is 31.2 Å². The zero-order valence-electron chi connectivity index (χ0n) is 16.6. The molecule has 2 unspecified atom stereocenters. The summed E-state index contributed by atoms with van der Waals surface area (Å²) < 4.78 is 10.9. The van der Waals surface area contributed by atoms with Gasteiger partial charge in [-0.3, -0.25) is 4.79 Å². The maximum Gasteiger partial charge on any atom is 0.231 e. The van der Waals surface area contributed by atoms with Crippen LogP contribution in [0, 0.1) is 5.92 Å². The third-order valence-electron chi connectivity index (χ3n) is 5.72. The van der Waals surface area contributed by atoms with Crippen LogP contribution in [0.4, 0.5) is 0 Å². The lowest BCUT2D eigenvalue weighted by atomic mass is 9.90. The number of nitrogens with zero attached hydrogens (tertiary/aromatic N) is 1. The van der Waals surface area contributed by atoms with Crippen molar-refractivity contribution in [3.63, 3.8) is 0 Å². The molecule has 0 radical (unpaired) electrons. The number of fused-ring (bicyclic) bond motifs is 1. The Morgan fingerprint density at radius 3 is 2.54 bits per heavy atom. The summed E-state index contributed by atoms with van der Waals surface area (Å²) in [4.78, 5) is 14.8. The third kappa shape index (κ3) is 4.30. The Morgan fingerprint density at radius 2 is 1.82 bits per heavy atom. The number of ether oxygens (including phenoxy) is 2. The van der Waals surface area contributed by atoms with E-state index < -0.39 is 0 Å². The number of hydrogen-bond donors (Lipinski definition) is 1. The van der Waals surface area contributed by atoms with Crippen molar-refractivity contribution in [2.24, 2.45) is 5.92 Å². The third-order valence-corrected chi connectivity index (χ3v) is 5.72. The highest BCUT2D eigenvalue weighted by molar-refractivity contribution is 5.77. The number of carbonyl (C=O) groups is 1. The van der Waals surface area contributed by atoms with E-state index in [9.17, 15) is 4.79 Å². The number of rotatable bonds is 8. The van der Waals surface area contributed by atoms with Gasteiger partial charge in [0.25, 0.3) is 0 Å². The van der Waals surface area contributed by atoms with Gasteiger partial charge in [0.15, 0.2) is 11.5 Å². The monoisotopic (exact) mass is 380 g/mol. The predicted octanol–water partition coefficient (Wildman–Crippen LogP) is 3.72. The number of likely N-dealkylation sites (N-methyl/N-ethyl adjacent to an activating group) is 1. The molecule has 1 fully saturated rings. The SMILES string of the molecule is CN(C)C(CNC(=O)CC(c1ccccc1)C1CC1)c1ccc2c(c1)OCO2. The second-order valence-electron chi connectivity index (χ2n) is 7.95. The molecule has 0 aromatic heterocycles. The molecular formula is C23H28N2O3. The van der Waals surface area contributed by atoms with Crippen LogP contribution in [0.1, 0.15) is 42.3 Å². The van der Waals surface area contributed by atoms with Crippen LogP contribution in [-0.4, -0.2) is 38.2 Å². The van der Waals surface area contributed by atoms with Gasteiger partial charge in [0.1, 0.15) is 0 Å². The summed E-state index contributed by atoms with van der Waals surface area (Å²) in [6.07, 6.45) is 3.00. The van der Waals surface area contributed by atoms with Crippen molar-refractivity contribution in [3.8, 4) is 11.5 Å². The molecule has 0 spiro atoms. The zero-order valence-corrected chi connectivity index (χ0v) is 16.6. The molecular weight excluding hydrogens is 352 g/mol. The maximum absolute atomic E-state index is 12.7. The highest BCUT2D eigenvalue weighted by Gasteiger charge is 2.33. The lowest BCUT2D eigenvalue weighted by molar-refractivity contribution is -0.121. The first-order valence-electron chi connectivity index (χ1n) is 9.99. The van der Waals surface area contributed by atoms with E-state index in [1.807, 2.05) is 38.4 Å². The highest BCUT2D eigenvalue weighted by atomic mass is 16.7. The Balaban J connectivity index is 1.39. The molecule has 0 saturated heterocycles. The summed E-state index contributed by atoms with van der Waals surface area (Å²) >= 11 is 0. The van der Waals surface area contributed by atoms with Crippen LogP contribution >= 0.6 is 0 Å². The molecule has 28 heavy (non-hydrogen) atoms. The fourth-order valence-electron chi connectivity index (χ4n) is 3.96. The summed E-state index contributed by atoms with van der Waals surface area (Å²) in [5.41, 5.74) is 2.39. The first kappa shape index (κ1) is 18.8. The minimum atomic E-state index is 0.0783. The van der Waals surface area contributed by atoms with Crippen LogP contribution in [0.15, 0.2) is 48.5 Å². The molecule has 1 saturated carbocycles. The smallest absolute Gasteiger partial charge is 0.231 e.